The third-order valence-corrected chi connectivity index (χ3v) is 10.4. The number of β-amino-alcohol motifs (C(OH)–C–C–N with tert-alkyl or cyclic N) is 1. The highest BCUT2D eigenvalue weighted by Gasteiger charge is 2.51. The summed E-state index contributed by atoms with van der Waals surface area (Å²) in [6.07, 6.45) is 4.60. The van der Waals surface area contributed by atoms with Gasteiger partial charge < -0.3 is 15.3 Å². The molecule has 6 unspecified atom stereocenters. The Kier molecular flexibility index (Phi) is 6.49. The molecule has 1 amide bonds. The highest BCUT2D eigenvalue weighted by Crippen LogP contribution is 2.36. The van der Waals surface area contributed by atoms with Crippen molar-refractivity contribution in [3.05, 3.63) is 0 Å². The van der Waals surface area contributed by atoms with Gasteiger partial charge in [-0.2, -0.15) is 0 Å². The fraction of sp³-hybridized carbons (Fsp3) is 0.952. The lowest BCUT2D eigenvalue weighted by atomic mass is 9.75. The highest BCUT2D eigenvalue weighted by molar-refractivity contribution is 7.90. The maximum absolute atomic E-state index is 13.3. The van der Waals surface area contributed by atoms with Gasteiger partial charge in [-0.15, -0.1) is 0 Å². The zero-order valence-electron chi connectivity index (χ0n) is 19.7. The number of amides is 1. The summed E-state index contributed by atoms with van der Waals surface area (Å²) in [6.45, 7) is 4.78. The number of rotatable bonds is 5. The molecule has 0 aromatic rings. The van der Waals surface area contributed by atoms with Crippen LogP contribution < -0.4 is 20.9 Å². The molecule has 0 aromatic carbocycles. The first-order valence-electron chi connectivity index (χ1n) is 12.4. The van der Waals surface area contributed by atoms with Crippen LogP contribution in [0, 0.1) is 11.8 Å². The summed E-state index contributed by atoms with van der Waals surface area (Å²) in [5.74, 6) is 0.574. The molecule has 5 aliphatic rings. The number of likely N-dealkylation sites (tertiary alicyclic amines) is 1. The van der Waals surface area contributed by atoms with E-state index in [-0.39, 0.29) is 30.1 Å². The fourth-order valence-electron chi connectivity index (χ4n) is 6.61. The Balaban J connectivity index is 1.17. The number of nitrogens with one attached hydrogen (secondary N) is 4. The summed E-state index contributed by atoms with van der Waals surface area (Å²) < 4.78 is 29.6. The van der Waals surface area contributed by atoms with Crippen molar-refractivity contribution < 1.29 is 18.3 Å². The van der Waals surface area contributed by atoms with Gasteiger partial charge in [-0.05, 0) is 44.1 Å². The first-order valence-corrected chi connectivity index (χ1v) is 13.9. The Labute approximate surface area is 196 Å². The molecule has 4 aliphatic heterocycles. The quantitative estimate of drug-likeness (QED) is 0.300. The van der Waals surface area contributed by atoms with E-state index in [9.17, 15) is 18.3 Å². The molecular weight excluding hydrogens is 446 g/mol. The number of likely N-dealkylation sites (N-methyl/N-ethyl adjacent to an activating group) is 1. The van der Waals surface area contributed by atoms with Gasteiger partial charge in [-0.1, -0.05) is 6.42 Å². The van der Waals surface area contributed by atoms with Crippen LogP contribution in [-0.4, -0.2) is 110 Å². The summed E-state index contributed by atoms with van der Waals surface area (Å²) in [5, 5.41) is 18.0. The van der Waals surface area contributed by atoms with Crippen LogP contribution in [0.25, 0.3) is 0 Å². The molecule has 12 heteroatoms. The highest BCUT2D eigenvalue weighted by atomic mass is 32.2. The van der Waals surface area contributed by atoms with Gasteiger partial charge in [0, 0.05) is 45.7 Å². The molecule has 0 bridgehead atoms. The zero-order valence-corrected chi connectivity index (χ0v) is 20.5. The average Bonchev–Trinajstić information content (AvgIpc) is 3.40. The summed E-state index contributed by atoms with van der Waals surface area (Å²) in [5.41, 5.74) is 5.82. The molecule has 5 fully saturated rings. The van der Waals surface area contributed by atoms with Gasteiger partial charge in [0.05, 0.1) is 19.3 Å². The van der Waals surface area contributed by atoms with E-state index in [2.05, 4.69) is 25.9 Å². The first-order chi connectivity index (χ1) is 15.7. The minimum absolute atomic E-state index is 0.00390. The van der Waals surface area contributed by atoms with Crippen LogP contribution in [0.15, 0.2) is 0 Å². The number of carbonyl (C=O) groups is 1. The topological polar surface area (TPSA) is 129 Å². The molecule has 188 valence electrons. The minimum atomic E-state index is -3.48. The fourth-order valence-corrected chi connectivity index (χ4v) is 8.13. The number of aliphatic hydroxyl groups is 1. The van der Waals surface area contributed by atoms with E-state index in [1.165, 1.54) is 6.92 Å². The van der Waals surface area contributed by atoms with Gasteiger partial charge in [0.25, 0.3) is 0 Å². The van der Waals surface area contributed by atoms with Gasteiger partial charge in [0.1, 0.15) is 10.9 Å². The Morgan fingerprint density at radius 1 is 1.15 bits per heavy atom. The SMILES string of the molecule is CC(=O)N1CC(O)(C2CCNC(N3CC(S(=O)(=O)NC4CCCC5CNN(C)C54)CN3)C2)C1. The number of sulfonamides is 1. The number of carbonyl (C=O) groups excluding carboxylic acids is 1. The molecule has 0 spiro atoms. The molecule has 1 saturated carbocycles. The van der Waals surface area contributed by atoms with Crippen LogP contribution in [0.3, 0.4) is 0 Å². The average molecular weight is 486 g/mol. The number of hydrogen-bond donors (Lipinski definition) is 5. The maximum atomic E-state index is 13.3. The minimum Gasteiger partial charge on any atom is -0.386 e. The van der Waals surface area contributed by atoms with Crippen LogP contribution in [0.5, 0.6) is 0 Å². The molecule has 4 saturated heterocycles. The van der Waals surface area contributed by atoms with Gasteiger partial charge in [-0.25, -0.2) is 23.2 Å². The van der Waals surface area contributed by atoms with Crippen molar-refractivity contribution in [3.8, 4) is 0 Å². The van der Waals surface area contributed by atoms with Gasteiger partial charge in [-0.3, -0.25) is 15.6 Å². The lowest BCUT2D eigenvalue weighted by Crippen LogP contribution is -2.69. The van der Waals surface area contributed by atoms with E-state index >= 15 is 0 Å². The van der Waals surface area contributed by atoms with Crippen molar-refractivity contribution in [1.29, 1.82) is 0 Å². The van der Waals surface area contributed by atoms with Crippen LogP contribution in [-0.2, 0) is 14.8 Å². The van der Waals surface area contributed by atoms with Crippen molar-refractivity contribution >= 4 is 15.9 Å². The van der Waals surface area contributed by atoms with Gasteiger partial charge >= 0.3 is 0 Å². The first kappa shape index (κ1) is 23.9. The second kappa shape index (κ2) is 8.98. The van der Waals surface area contributed by atoms with E-state index in [1.807, 2.05) is 12.1 Å². The Morgan fingerprint density at radius 2 is 1.94 bits per heavy atom. The summed E-state index contributed by atoms with van der Waals surface area (Å²) in [6, 6.07) is 0.148. The van der Waals surface area contributed by atoms with Crippen molar-refractivity contribution in [1.82, 2.24) is 35.8 Å². The Morgan fingerprint density at radius 3 is 2.70 bits per heavy atom. The predicted octanol–water partition coefficient (Wildman–Crippen LogP) is -2.00. The Bertz CT molecular complexity index is 850. The lowest BCUT2D eigenvalue weighted by molar-refractivity contribution is -0.170. The van der Waals surface area contributed by atoms with E-state index in [4.69, 9.17) is 0 Å². The van der Waals surface area contributed by atoms with Crippen molar-refractivity contribution in [2.24, 2.45) is 11.8 Å². The van der Waals surface area contributed by atoms with Crippen LogP contribution >= 0.6 is 0 Å². The molecule has 1 aliphatic carbocycles. The van der Waals surface area contributed by atoms with E-state index < -0.39 is 20.9 Å². The molecule has 5 N–H and O–H groups in total. The van der Waals surface area contributed by atoms with E-state index in [0.29, 0.717) is 32.1 Å². The van der Waals surface area contributed by atoms with Gasteiger partial charge in [0.15, 0.2) is 0 Å². The monoisotopic (exact) mass is 485 g/mol. The molecule has 6 atom stereocenters. The van der Waals surface area contributed by atoms with Crippen LogP contribution in [0.4, 0.5) is 0 Å². The van der Waals surface area contributed by atoms with Crippen molar-refractivity contribution in [2.75, 3.05) is 46.3 Å². The molecule has 0 aromatic heterocycles. The third kappa shape index (κ3) is 4.56. The van der Waals surface area contributed by atoms with Crippen molar-refractivity contribution in [2.45, 2.75) is 68.1 Å². The normalized spacial score (nSPS) is 39.9. The van der Waals surface area contributed by atoms with Gasteiger partial charge in [0.2, 0.25) is 15.9 Å². The zero-order chi connectivity index (χ0) is 23.4. The largest absolute Gasteiger partial charge is 0.386 e. The van der Waals surface area contributed by atoms with E-state index in [0.717, 1.165) is 45.2 Å². The third-order valence-electron chi connectivity index (χ3n) is 8.60. The summed E-state index contributed by atoms with van der Waals surface area (Å²) >= 11 is 0. The number of hydrogen-bond acceptors (Lipinski definition) is 9. The second-order valence-corrected chi connectivity index (χ2v) is 12.7. The number of nitrogens with zero attached hydrogens (tertiary/aromatic N) is 3. The number of piperidine rings is 1. The predicted molar refractivity (Wildman–Crippen MR) is 123 cm³/mol. The molecule has 0 radical (unpaired) electrons. The second-order valence-electron chi connectivity index (χ2n) is 10.7. The number of hydrazine groups is 2. The van der Waals surface area contributed by atoms with Crippen LogP contribution in [0.1, 0.15) is 39.0 Å². The standard InChI is InChI=1S/C21H39N7O4S/c1-14(29)27-12-21(30,13-27)16-6-7-22-19(8-16)28-11-17(10-24-28)33(31,32)25-18-5-3-4-15-9-23-26(2)20(15)18/h15-20,22-25,30H,3-13H2,1-2H3. The summed E-state index contributed by atoms with van der Waals surface area (Å²) in [7, 11) is -1.47. The molecule has 5 rings (SSSR count). The van der Waals surface area contributed by atoms with Crippen molar-refractivity contribution in [3.63, 3.8) is 0 Å². The molecule has 4 heterocycles. The van der Waals surface area contributed by atoms with Crippen LogP contribution in [0.2, 0.25) is 0 Å². The Hall–Kier alpha value is -0.860. The molecular formula is C21H39N7O4S. The molecule has 11 nitrogen and oxygen atoms in total. The maximum Gasteiger partial charge on any atom is 0.219 e. The lowest BCUT2D eigenvalue weighted by Gasteiger charge is -2.52. The summed E-state index contributed by atoms with van der Waals surface area (Å²) in [4.78, 5) is 13.2. The number of fused-ring (bicyclic) bond motifs is 1. The molecule has 33 heavy (non-hydrogen) atoms. The van der Waals surface area contributed by atoms with E-state index in [1.54, 1.807) is 4.90 Å². The smallest absolute Gasteiger partial charge is 0.219 e.